The van der Waals surface area contributed by atoms with Crippen LogP contribution in [-0.4, -0.2) is 51.2 Å². The van der Waals surface area contributed by atoms with Gasteiger partial charge >= 0.3 is 0 Å². The van der Waals surface area contributed by atoms with E-state index in [2.05, 4.69) is 32.7 Å². The van der Waals surface area contributed by atoms with Gasteiger partial charge in [0, 0.05) is 26.2 Å². The highest BCUT2D eigenvalue weighted by Crippen LogP contribution is 2.12. The van der Waals surface area contributed by atoms with Crippen molar-refractivity contribution in [3.05, 3.63) is 29.8 Å². The van der Waals surface area contributed by atoms with Crippen LogP contribution in [0.5, 0.6) is 5.75 Å². The largest absolute Gasteiger partial charge is 0.492 e. The Morgan fingerprint density at radius 1 is 1.30 bits per heavy atom. The van der Waals surface area contributed by atoms with Crippen molar-refractivity contribution in [1.29, 1.82) is 0 Å². The molecule has 0 bridgehead atoms. The first-order valence-electron chi connectivity index (χ1n) is 7.13. The van der Waals surface area contributed by atoms with E-state index in [1.165, 1.54) is 5.56 Å². The van der Waals surface area contributed by atoms with Crippen LogP contribution in [0.15, 0.2) is 29.3 Å². The van der Waals surface area contributed by atoms with Gasteiger partial charge in [0.25, 0.3) is 0 Å². The molecule has 0 radical (unpaired) electrons. The number of nitrogens with one attached hydrogen (secondary N) is 2. The average molecular weight is 276 g/mol. The zero-order chi connectivity index (χ0) is 14.2. The number of hydrogen-bond donors (Lipinski definition) is 2. The summed E-state index contributed by atoms with van der Waals surface area (Å²) in [5.74, 6) is 1.83. The lowest BCUT2D eigenvalue weighted by Crippen LogP contribution is -2.40. The van der Waals surface area contributed by atoms with E-state index in [-0.39, 0.29) is 0 Å². The highest BCUT2D eigenvalue weighted by molar-refractivity contribution is 5.80. The van der Waals surface area contributed by atoms with Crippen LogP contribution in [0.4, 0.5) is 0 Å². The minimum absolute atomic E-state index is 0.714. The van der Waals surface area contributed by atoms with Crippen molar-refractivity contribution in [1.82, 2.24) is 15.5 Å². The van der Waals surface area contributed by atoms with E-state index in [1.807, 2.05) is 26.2 Å². The lowest BCUT2D eigenvalue weighted by Gasteiger charge is -2.16. The third-order valence-corrected chi connectivity index (χ3v) is 3.09. The molecule has 1 aliphatic rings. The normalized spacial score (nSPS) is 14.7. The Bertz CT molecular complexity index is 428. The fourth-order valence-electron chi connectivity index (χ4n) is 1.89. The number of likely N-dealkylation sites (N-methyl/N-ethyl adjacent to an activating group) is 1. The fraction of sp³-hybridized carbons (Fsp3) is 0.533. The molecule has 1 aliphatic heterocycles. The lowest BCUT2D eigenvalue weighted by molar-refractivity contribution is 0.261. The topological polar surface area (TPSA) is 48.9 Å². The summed E-state index contributed by atoms with van der Waals surface area (Å²) >= 11 is 0. The average Bonchev–Trinajstić information content (AvgIpc) is 2.47. The predicted molar refractivity (Wildman–Crippen MR) is 82.3 cm³/mol. The molecule has 110 valence electrons. The molecule has 5 heteroatoms. The van der Waals surface area contributed by atoms with Crippen molar-refractivity contribution in [3.63, 3.8) is 0 Å². The molecule has 0 atom stereocenters. The van der Waals surface area contributed by atoms with Gasteiger partial charge in [0.2, 0.25) is 0 Å². The monoisotopic (exact) mass is 276 g/mol. The van der Waals surface area contributed by atoms with Gasteiger partial charge in [-0.15, -0.1) is 0 Å². The smallest absolute Gasteiger partial charge is 0.191 e. The van der Waals surface area contributed by atoms with E-state index >= 15 is 0 Å². The molecule has 0 amide bonds. The van der Waals surface area contributed by atoms with Crippen LogP contribution >= 0.6 is 0 Å². The first-order valence-corrected chi connectivity index (χ1v) is 7.13. The minimum atomic E-state index is 0.714. The van der Waals surface area contributed by atoms with Crippen LogP contribution in [-0.2, 0) is 6.54 Å². The second-order valence-corrected chi connectivity index (χ2v) is 5.16. The summed E-state index contributed by atoms with van der Waals surface area (Å²) in [6.45, 7) is 4.34. The summed E-state index contributed by atoms with van der Waals surface area (Å²) in [4.78, 5) is 6.49. The number of aliphatic imine (C=N–C) groups is 1. The van der Waals surface area contributed by atoms with E-state index < -0.39 is 0 Å². The minimum Gasteiger partial charge on any atom is -0.492 e. The lowest BCUT2D eigenvalue weighted by atomic mass is 10.2. The number of hydrogen-bond acceptors (Lipinski definition) is 5. The maximum atomic E-state index is 5.67. The van der Waals surface area contributed by atoms with Crippen molar-refractivity contribution in [2.24, 2.45) is 4.99 Å². The quantitative estimate of drug-likeness (QED) is 0.816. The van der Waals surface area contributed by atoms with Crippen LogP contribution in [0, 0.1) is 0 Å². The molecule has 1 heterocycles. The SMILES string of the molecule is CN(C)CCOc1ccc(CNC2=NCCCN2)cc1. The van der Waals surface area contributed by atoms with Crippen LogP contribution in [0.2, 0.25) is 0 Å². The molecule has 1 aromatic carbocycles. The first-order chi connectivity index (χ1) is 9.74. The van der Waals surface area contributed by atoms with Gasteiger partial charge < -0.3 is 20.3 Å². The van der Waals surface area contributed by atoms with Gasteiger partial charge in [0.1, 0.15) is 12.4 Å². The number of nitrogens with zero attached hydrogens (tertiary/aromatic N) is 2. The Labute approximate surface area is 121 Å². The second-order valence-electron chi connectivity index (χ2n) is 5.16. The highest BCUT2D eigenvalue weighted by Gasteiger charge is 2.03. The third-order valence-electron chi connectivity index (χ3n) is 3.09. The van der Waals surface area contributed by atoms with Gasteiger partial charge in [-0.2, -0.15) is 0 Å². The van der Waals surface area contributed by atoms with Gasteiger partial charge in [-0.05, 0) is 38.2 Å². The molecule has 0 fully saturated rings. The van der Waals surface area contributed by atoms with Crippen LogP contribution in [0.3, 0.4) is 0 Å². The van der Waals surface area contributed by atoms with Gasteiger partial charge in [-0.1, -0.05) is 12.1 Å². The van der Waals surface area contributed by atoms with Gasteiger partial charge in [-0.25, -0.2) is 0 Å². The second kappa shape index (κ2) is 7.75. The standard InChI is InChI=1S/C15H24N4O/c1-19(2)10-11-20-14-6-4-13(5-7-14)12-18-15-16-8-3-9-17-15/h4-7H,3,8-12H2,1-2H3,(H2,16,17,18). The molecule has 0 aromatic heterocycles. The van der Waals surface area contributed by atoms with E-state index in [4.69, 9.17) is 4.74 Å². The molecule has 1 aromatic rings. The molecule has 0 saturated heterocycles. The zero-order valence-corrected chi connectivity index (χ0v) is 12.4. The van der Waals surface area contributed by atoms with Crippen molar-refractivity contribution >= 4 is 5.96 Å². The molecule has 0 spiro atoms. The van der Waals surface area contributed by atoms with Crippen LogP contribution in [0.1, 0.15) is 12.0 Å². The molecule has 2 N–H and O–H groups in total. The van der Waals surface area contributed by atoms with Crippen molar-refractivity contribution < 1.29 is 4.74 Å². The number of guanidine groups is 1. The molecule has 0 saturated carbocycles. The van der Waals surface area contributed by atoms with Crippen LogP contribution in [0.25, 0.3) is 0 Å². The highest BCUT2D eigenvalue weighted by atomic mass is 16.5. The number of rotatable bonds is 6. The number of ether oxygens (including phenoxy) is 1. The molecule has 0 unspecified atom stereocenters. The maximum absolute atomic E-state index is 5.67. The van der Waals surface area contributed by atoms with E-state index in [0.29, 0.717) is 6.61 Å². The number of benzene rings is 1. The Kier molecular flexibility index (Phi) is 5.68. The Hall–Kier alpha value is -1.75. The van der Waals surface area contributed by atoms with Crippen molar-refractivity contribution in [2.75, 3.05) is 40.3 Å². The van der Waals surface area contributed by atoms with Gasteiger partial charge in [0.05, 0.1) is 0 Å². The Balaban J connectivity index is 1.74. The summed E-state index contributed by atoms with van der Waals surface area (Å²) in [5.41, 5.74) is 1.22. The Morgan fingerprint density at radius 2 is 2.10 bits per heavy atom. The molecular weight excluding hydrogens is 252 g/mol. The summed E-state index contributed by atoms with van der Waals surface area (Å²) in [6.07, 6.45) is 1.12. The zero-order valence-electron chi connectivity index (χ0n) is 12.4. The summed E-state index contributed by atoms with van der Waals surface area (Å²) in [6, 6.07) is 8.20. The van der Waals surface area contributed by atoms with Crippen LogP contribution < -0.4 is 15.4 Å². The van der Waals surface area contributed by atoms with Gasteiger partial charge in [-0.3, -0.25) is 4.99 Å². The first kappa shape index (κ1) is 14.7. The van der Waals surface area contributed by atoms with E-state index in [9.17, 15) is 0 Å². The predicted octanol–water partition coefficient (Wildman–Crippen LogP) is 1.07. The van der Waals surface area contributed by atoms with Crippen molar-refractivity contribution in [3.8, 4) is 5.75 Å². The summed E-state index contributed by atoms with van der Waals surface area (Å²) in [5, 5.41) is 6.56. The fourth-order valence-corrected chi connectivity index (χ4v) is 1.89. The summed E-state index contributed by atoms with van der Waals surface area (Å²) < 4.78 is 5.67. The van der Waals surface area contributed by atoms with Gasteiger partial charge in [0.15, 0.2) is 5.96 Å². The van der Waals surface area contributed by atoms with E-state index in [0.717, 1.165) is 44.3 Å². The maximum Gasteiger partial charge on any atom is 0.191 e. The summed E-state index contributed by atoms with van der Waals surface area (Å²) in [7, 11) is 4.08. The van der Waals surface area contributed by atoms with Crippen molar-refractivity contribution in [2.45, 2.75) is 13.0 Å². The molecular formula is C15H24N4O. The molecule has 20 heavy (non-hydrogen) atoms. The molecule has 2 rings (SSSR count). The third kappa shape index (κ3) is 5.09. The Morgan fingerprint density at radius 3 is 2.75 bits per heavy atom. The molecule has 5 nitrogen and oxygen atoms in total. The molecule has 0 aliphatic carbocycles. The van der Waals surface area contributed by atoms with E-state index in [1.54, 1.807) is 0 Å².